The molecule has 1 aromatic carbocycles. The summed E-state index contributed by atoms with van der Waals surface area (Å²) in [5, 5.41) is 3.90. The smallest absolute Gasteiger partial charge is 0.146 e. The third kappa shape index (κ3) is 4.47. The number of ether oxygens (including phenoxy) is 1. The molecule has 106 valence electrons. The summed E-state index contributed by atoms with van der Waals surface area (Å²) >= 11 is 9.50. The molecule has 0 bridgehead atoms. The Balaban J connectivity index is 2.11. The van der Waals surface area contributed by atoms with Crippen molar-refractivity contribution in [2.24, 2.45) is 0 Å². The fourth-order valence-electron chi connectivity index (χ4n) is 1.62. The highest BCUT2D eigenvalue weighted by atomic mass is 79.9. The second-order valence-electron chi connectivity index (χ2n) is 4.74. The number of aromatic nitrogens is 1. The molecule has 20 heavy (non-hydrogen) atoms. The Kier molecular flexibility index (Phi) is 5.40. The van der Waals surface area contributed by atoms with Crippen molar-refractivity contribution in [2.75, 3.05) is 0 Å². The molecule has 0 atom stereocenters. The number of halogens is 2. The average molecular weight is 356 g/mol. The van der Waals surface area contributed by atoms with Crippen molar-refractivity contribution in [3.8, 4) is 11.5 Å². The van der Waals surface area contributed by atoms with Gasteiger partial charge < -0.3 is 10.1 Å². The fourth-order valence-corrected chi connectivity index (χ4v) is 2.34. The molecule has 3 nitrogen and oxygen atoms in total. The Morgan fingerprint density at radius 1 is 1.30 bits per heavy atom. The van der Waals surface area contributed by atoms with E-state index in [1.54, 1.807) is 12.3 Å². The molecule has 0 saturated carbocycles. The van der Waals surface area contributed by atoms with Crippen LogP contribution in [0.4, 0.5) is 0 Å². The van der Waals surface area contributed by atoms with Gasteiger partial charge in [-0.2, -0.15) is 0 Å². The zero-order chi connectivity index (χ0) is 14.5. The van der Waals surface area contributed by atoms with Gasteiger partial charge in [0.15, 0.2) is 0 Å². The summed E-state index contributed by atoms with van der Waals surface area (Å²) in [6.45, 7) is 4.97. The molecule has 0 amide bonds. The Labute approximate surface area is 132 Å². The van der Waals surface area contributed by atoms with E-state index in [0.29, 0.717) is 22.6 Å². The van der Waals surface area contributed by atoms with Gasteiger partial charge in [0.1, 0.15) is 11.5 Å². The van der Waals surface area contributed by atoms with Crippen LogP contribution in [0.15, 0.2) is 41.1 Å². The molecule has 2 aromatic rings. The van der Waals surface area contributed by atoms with Crippen LogP contribution in [-0.2, 0) is 6.54 Å². The molecule has 0 aliphatic heterocycles. The number of rotatable bonds is 5. The van der Waals surface area contributed by atoms with Crippen molar-refractivity contribution in [3.63, 3.8) is 0 Å². The third-order valence-corrected chi connectivity index (χ3v) is 3.39. The molecule has 0 spiro atoms. The lowest BCUT2D eigenvalue weighted by molar-refractivity contribution is 0.478. The van der Waals surface area contributed by atoms with Gasteiger partial charge in [-0.25, -0.2) is 0 Å². The maximum Gasteiger partial charge on any atom is 0.146 e. The fraction of sp³-hybridized carbons (Fsp3) is 0.267. The van der Waals surface area contributed by atoms with E-state index in [4.69, 9.17) is 16.3 Å². The first-order chi connectivity index (χ1) is 9.54. The van der Waals surface area contributed by atoms with Crippen LogP contribution in [0.2, 0.25) is 5.02 Å². The zero-order valence-corrected chi connectivity index (χ0v) is 13.7. The normalized spacial score (nSPS) is 10.8. The number of nitrogens with zero attached hydrogens (tertiary/aromatic N) is 1. The van der Waals surface area contributed by atoms with Crippen molar-refractivity contribution < 1.29 is 4.74 Å². The van der Waals surface area contributed by atoms with Crippen LogP contribution in [0, 0.1) is 0 Å². The summed E-state index contributed by atoms with van der Waals surface area (Å²) in [6.07, 6.45) is 3.50. The summed E-state index contributed by atoms with van der Waals surface area (Å²) in [6, 6.07) is 7.90. The van der Waals surface area contributed by atoms with Gasteiger partial charge in [0, 0.05) is 23.3 Å². The number of hydrogen-bond acceptors (Lipinski definition) is 3. The van der Waals surface area contributed by atoms with E-state index in [1.165, 1.54) is 0 Å². The maximum atomic E-state index is 6.13. The van der Waals surface area contributed by atoms with Crippen LogP contribution >= 0.6 is 27.5 Å². The van der Waals surface area contributed by atoms with Crippen molar-refractivity contribution in [2.45, 2.75) is 26.4 Å². The molecule has 1 N–H and O–H groups in total. The highest BCUT2D eigenvalue weighted by Crippen LogP contribution is 2.31. The highest BCUT2D eigenvalue weighted by molar-refractivity contribution is 9.10. The van der Waals surface area contributed by atoms with E-state index < -0.39 is 0 Å². The second-order valence-corrected chi connectivity index (χ2v) is 6.06. The van der Waals surface area contributed by atoms with Crippen LogP contribution in [-0.4, -0.2) is 11.0 Å². The molecule has 0 fully saturated rings. The van der Waals surface area contributed by atoms with E-state index in [2.05, 4.69) is 40.1 Å². The summed E-state index contributed by atoms with van der Waals surface area (Å²) in [5.74, 6) is 1.29. The largest absolute Gasteiger partial charge is 0.454 e. The van der Waals surface area contributed by atoms with Gasteiger partial charge in [-0.1, -0.05) is 41.4 Å². The molecule has 0 saturated heterocycles. The van der Waals surface area contributed by atoms with E-state index in [1.807, 2.05) is 24.4 Å². The summed E-state index contributed by atoms with van der Waals surface area (Å²) in [7, 11) is 0. The quantitative estimate of drug-likeness (QED) is 0.837. The minimum atomic E-state index is 0.431. The van der Waals surface area contributed by atoms with Crippen LogP contribution < -0.4 is 10.1 Å². The highest BCUT2D eigenvalue weighted by Gasteiger charge is 2.05. The predicted molar refractivity (Wildman–Crippen MR) is 85.4 cm³/mol. The molecule has 1 aromatic heterocycles. The molecule has 0 radical (unpaired) electrons. The Bertz CT molecular complexity index is 590. The minimum absolute atomic E-state index is 0.431. The first-order valence-corrected chi connectivity index (χ1v) is 7.52. The SMILES string of the molecule is CC(C)NCc1cncc(Oc2ccc(Br)cc2Cl)c1. The van der Waals surface area contributed by atoms with E-state index in [-0.39, 0.29) is 0 Å². The maximum absolute atomic E-state index is 6.13. The Morgan fingerprint density at radius 2 is 2.10 bits per heavy atom. The lowest BCUT2D eigenvalue weighted by Gasteiger charge is -2.10. The molecule has 5 heteroatoms. The monoisotopic (exact) mass is 354 g/mol. The standard InChI is InChI=1S/C15H16BrClN2O/c1-10(2)19-8-11-5-13(9-18-7-11)20-15-4-3-12(16)6-14(15)17/h3-7,9-10,19H,8H2,1-2H3. The summed E-state index contributed by atoms with van der Waals surface area (Å²) in [4.78, 5) is 4.19. The minimum Gasteiger partial charge on any atom is -0.454 e. The van der Waals surface area contributed by atoms with E-state index in [0.717, 1.165) is 16.6 Å². The van der Waals surface area contributed by atoms with Gasteiger partial charge in [0.05, 0.1) is 11.2 Å². The summed E-state index contributed by atoms with van der Waals surface area (Å²) in [5.41, 5.74) is 1.07. The molecular formula is C15H16BrClN2O. The van der Waals surface area contributed by atoms with E-state index >= 15 is 0 Å². The van der Waals surface area contributed by atoms with Gasteiger partial charge in [0.2, 0.25) is 0 Å². The van der Waals surface area contributed by atoms with Gasteiger partial charge >= 0.3 is 0 Å². The van der Waals surface area contributed by atoms with Gasteiger partial charge in [-0.05, 0) is 29.8 Å². The first kappa shape index (κ1) is 15.3. The molecule has 0 unspecified atom stereocenters. The molecule has 1 heterocycles. The van der Waals surface area contributed by atoms with Crippen LogP contribution in [0.25, 0.3) is 0 Å². The van der Waals surface area contributed by atoms with Crippen molar-refractivity contribution in [3.05, 3.63) is 51.7 Å². The lowest BCUT2D eigenvalue weighted by Crippen LogP contribution is -2.21. The number of nitrogens with one attached hydrogen (secondary N) is 1. The first-order valence-electron chi connectivity index (χ1n) is 6.35. The average Bonchev–Trinajstić information content (AvgIpc) is 2.40. The van der Waals surface area contributed by atoms with Crippen molar-refractivity contribution >= 4 is 27.5 Å². The topological polar surface area (TPSA) is 34.2 Å². The molecule has 2 rings (SSSR count). The van der Waals surface area contributed by atoms with Crippen molar-refractivity contribution in [1.29, 1.82) is 0 Å². The van der Waals surface area contributed by atoms with Gasteiger partial charge in [-0.15, -0.1) is 0 Å². The van der Waals surface area contributed by atoms with Crippen LogP contribution in [0.1, 0.15) is 19.4 Å². The van der Waals surface area contributed by atoms with E-state index in [9.17, 15) is 0 Å². The van der Waals surface area contributed by atoms with Gasteiger partial charge in [0.25, 0.3) is 0 Å². The second kappa shape index (κ2) is 7.07. The number of benzene rings is 1. The predicted octanol–water partition coefficient (Wildman–Crippen LogP) is 4.79. The van der Waals surface area contributed by atoms with Crippen LogP contribution in [0.5, 0.6) is 11.5 Å². The Hall–Kier alpha value is -1.10. The van der Waals surface area contributed by atoms with Crippen molar-refractivity contribution in [1.82, 2.24) is 10.3 Å². The summed E-state index contributed by atoms with van der Waals surface area (Å²) < 4.78 is 6.69. The molecule has 0 aliphatic carbocycles. The van der Waals surface area contributed by atoms with Gasteiger partial charge in [-0.3, -0.25) is 4.98 Å². The third-order valence-electron chi connectivity index (χ3n) is 2.61. The molecule has 0 aliphatic rings. The van der Waals surface area contributed by atoms with Crippen LogP contribution in [0.3, 0.4) is 0 Å². The Morgan fingerprint density at radius 3 is 2.80 bits per heavy atom. The molecular weight excluding hydrogens is 340 g/mol. The number of hydrogen-bond donors (Lipinski definition) is 1. The lowest BCUT2D eigenvalue weighted by atomic mass is 10.2. The number of pyridine rings is 1. The zero-order valence-electron chi connectivity index (χ0n) is 11.4.